The number of anilines is 1. The molecule has 2 aromatic heterocycles. The van der Waals surface area contributed by atoms with Gasteiger partial charge >= 0.3 is 0 Å². The second-order valence-corrected chi connectivity index (χ2v) is 8.75. The van der Waals surface area contributed by atoms with E-state index in [-0.39, 0.29) is 17.6 Å². The lowest BCUT2D eigenvalue weighted by Crippen LogP contribution is -2.34. The number of carbonyl (C=O) groups is 2. The smallest absolute Gasteiger partial charge is 0.229 e. The molecule has 1 aromatic carbocycles. The van der Waals surface area contributed by atoms with Crippen LogP contribution in [0.1, 0.15) is 25.7 Å². The van der Waals surface area contributed by atoms with Crippen molar-refractivity contribution >= 4 is 40.1 Å². The number of imidazole rings is 1. The fourth-order valence-electron chi connectivity index (χ4n) is 4.21. The van der Waals surface area contributed by atoms with E-state index in [1.54, 1.807) is 12.3 Å². The van der Waals surface area contributed by atoms with Crippen LogP contribution in [0.25, 0.3) is 22.2 Å². The molecule has 160 valence electrons. The maximum absolute atomic E-state index is 12.3. The minimum atomic E-state index is -0.260. The van der Waals surface area contributed by atoms with Gasteiger partial charge in [0.15, 0.2) is 0 Å². The molecule has 1 amide bonds. The summed E-state index contributed by atoms with van der Waals surface area (Å²) < 4.78 is 7.67. The molecule has 2 aliphatic rings. The number of rotatable bonds is 5. The minimum absolute atomic E-state index is 0.121. The number of ether oxygens (including phenoxy) is 1. The van der Waals surface area contributed by atoms with Crippen LogP contribution < -0.4 is 5.32 Å². The van der Waals surface area contributed by atoms with E-state index in [9.17, 15) is 9.59 Å². The molecule has 1 aliphatic heterocycles. The fourth-order valence-corrected chi connectivity index (χ4v) is 4.42. The first kappa shape index (κ1) is 20.2. The van der Waals surface area contributed by atoms with Crippen LogP contribution in [0.15, 0.2) is 36.8 Å². The van der Waals surface area contributed by atoms with E-state index in [1.807, 2.05) is 18.5 Å². The van der Waals surface area contributed by atoms with Crippen molar-refractivity contribution < 1.29 is 14.3 Å². The number of hydrogen-bond acceptors (Lipinski definition) is 5. The van der Waals surface area contributed by atoms with E-state index in [1.165, 1.54) is 0 Å². The Hall–Kier alpha value is -2.77. The number of Topliss-reactive ketones (excluding diaryl/α,β-unsaturated/α-hetero) is 1. The molecule has 2 fully saturated rings. The lowest BCUT2D eigenvalue weighted by atomic mass is 9.83. The summed E-state index contributed by atoms with van der Waals surface area (Å²) in [5, 5.41) is 3.32. The molecule has 1 saturated carbocycles. The first-order valence-electron chi connectivity index (χ1n) is 10.6. The Morgan fingerprint density at radius 2 is 2.00 bits per heavy atom. The highest BCUT2D eigenvalue weighted by atomic mass is 35.5. The highest BCUT2D eigenvalue weighted by Gasteiger charge is 2.32. The molecule has 0 bridgehead atoms. The molecule has 1 N–H and O–H groups in total. The van der Waals surface area contributed by atoms with Gasteiger partial charge in [-0.25, -0.2) is 9.97 Å². The molecular formula is C23H23ClN4O3. The van der Waals surface area contributed by atoms with Crippen molar-refractivity contribution in [1.29, 1.82) is 0 Å². The summed E-state index contributed by atoms with van der Waals surface area (Å²) in [7, 11) is 0. The minimum Gasteiger partial charge on any atom is -0.381 e. The molecule has 7 nitrogen and oxygen atoms in total. The van der Waals surface area contributed by atoms with Crippen molar-refractivity contribution in [3.63, 3.8) is 0 Å². The van der Waals surface area contributed by atoms with Crippen molar-refractivity contribution in [2.75, 3.05) is 18.5 Å². The Balaban J connectivity index is 1.41. The molecule has 5 rings (SSSR count). The lowest BCUT2D eigenvalue weighted by Gasteiger charge is -2.22. The zero-order valence-corrected chi connectivity index (χ0v) is 17.8. The van der Waals surface area contributed by atoms with Crippen LogP contribution in [-0.2, 0) is 20.9 Å². The van der Waals surface area contributed by atoms with Gasteiger partial charge in [-0.2, -0.15) is 0 Å². The maximum Gasteiger partial charge on any atom is 0.229 e. The van der Waals surface area contributed by atoms with Crippen molar-refractivity contribution in [3.8, 4) is 11.1 Å². The number of nitrogens with one attached hydrogen (secondary N) is 1. The molecular weight excluding hydrogens is 416 g/mol. The quantitative estimate of drug-likeness (QED) is 0.648. The standard InChI is InChI=1S/C23H23ClN4O3/c24-19-11-25-22(27-23(30)16-7-17(29)8-16)10-18(19)15-1-2-20-21(9-15)28(13-26-20)12-14-3-5-31-6-4-14/h1-2,9-11,13-14,16H,3-8,12H2,(H,25,27,30). The predicted molar refractivity (Wildman–Crippen MR) is 118 cm³/mol. The first-order valence-corrected chi connectivity index (χ1v) is 11.0. The van der Waals surface area contributed by atoms with Gasteiger partial charge in [-0.05, 0) is 42.5 Å². The van der Waals surface area contributed by atoms with Gasteiger partial charge in [0.05, 0.1) is 28.3 Å². The zero-order valence-electron chi connectivity index (χ0n) is 17.0. The molecule has 31 heavy (non-hydrogen) atoms. The summed E-state index contributed by atoms with van der Waals surface area (Å²) in [5.74, 6) is 0.698. The van der Waals surface area contributed by atoms with Crippen molar-refractivity contribution in [1.82, 2.24) is 14.5 Å². The molecule has 1 saturated heterocycles. The number of hydrogen-bond donors (Lipinski definition) is 1. The number of nitrogens with zero attached hydrogens (tertiary/aromatic N) is 3. The number of benzene rings is 1. The van der Waals surface area contributed by atoms with E-state index in [4.69, 9.17) is 16.3 Å². The SMILES string of the molecule is O=C1CC(C(=O)Nc2cc(-c3ccc4ncn(CC5CCOCC5)c4c3)c(Cl)cn2)C1. The summed E-state index contributed by atoms with van der Waals surface area (Å²) in [5.41, 5.74) is 3.71. The summed E-state index contributed by atoms with van der Waals surface area (Å²) in [6.45, 7) is 2.55. The van der Waals surface area contributed by atoms with Crippen LogP contribution in [-0.4, -0.2) is 39.4 Å². The van der Waals surface area contributed by atoms with E-state index < -0.39 is 0 Å². The number of aromatic nitrogens is 3. The van der Waals surface area contributed by atoms with Gasteiger partial charge in [-0.15, -0.1) is 0 Å². The van der Waals surface area contributed by atoms with Gasteiger partial charge in [0.2, 0.25) is 5.91 Å². The number of fused-ring (bicyclic) bond motifs is 1. The van der Waals surface area contributed by atoms with E-state index in [0.717, 1.165) is 54.8 Å². The largest absolute Gasteiger partial charge is 0.381 e. The van der Waals surface area contributed by atoms with E-state index >= 15 is 0 Å². The number of halogens is 1. The van der Waals surface area contributed by atoms with Crippen molar-refractivity contribution in [2.45, 2.75) is 32.2 Å². The normalized spacial score (nSPS) is 17.6. The van der Waals surface area contributed by atoms with Gasteiger partial charge in [0.1, 0.15) is 11.6 Å². The molecule has 0 atom stereocenters. The number of ketones is 1. The van der Waals surface area contributed by atoms with Crippen LogP contribution in [0, 0.1) is 11.8 Å². The zero-order chi connectivity index (χ0) is 21.4. The summed E-state index contributed by atoms with van der Waals surface area (Å²) in [4.78, 5) is 32.2. The highest BCUT2D eigenvalue weighted by molar-refractivity contribution is 6.33. The summed E-state index contributed by atoms with van der Waals surface area (Å²) in [6, 6.07) is 7.83. The van der Waals surface area contributed by atoms with Crippen LogP contribution in [0.5, 0.6) is 0 Å². The Morgan fingerprint density at radius 1 is 1.19 bits per heavy atom. The topological polar surface area (TPSA) is 86.1 Å². The Labute approximate surface area is 184 Å². The second kappa shape index (κ2) is 8.40. The van der Waals surface area contributed by atoms with Gasteiger partial charge in [0, 0.05) is 44.4 Å². The summed E-state index contributed by atoms with van der Waals surface area (Å²) >= 11 is 6.45. The first-order chi connectivity index (χ1) is 15.1. The second-order valence-electron chi connectivity index (χ2n) is 8.34. The number of amides is 1. The Morgan fingerprint density at radius 3 is 2.77 bits per heavy atom. The molecule has 0 radical (unpaired) electrons. The molecule has 8 heteroatoms. The molecule has 0 unspecified atom stereocenters. The molecule has 0 spiro atoms. The fraction of sp³-hybridized carbons (Fsp3) is 0.391. The van der Waals surface area contributed by atoms with Gasteiger partial charge < -0.3 is 14.6 Å². The van der Waals surface area contributed by atoms with E-state index in [0.29, 0.717) is 29.6 Å². The number of pyridine rings is 1. The molecule has 3 heterocycles. The average molecular weight is 439 g/mol. The van der Waals surface area contributed by atoms with Gasteiger partial charge in [0.25, 0.3) is 0 Å². The highest BCUT2D eigenvalue weighted by Crippen LogP contribution is 2.32. The van der Waals surface area contributed by atoms with Crippen LogP contribution in [0.4, 0.5) is 5.82 Å². The average Bonchev–Trinajstić information content (AvgIpc) is 3.15. The van der Waals surface area contributed by atoms with E-state index in [2.05, 4.69) is 25.9 Å². The predicted octanol–water partition coefficient (Wildman–Crippen LogP) is 4.10. The van der Waals surface area contributed by atoms with Gasteiger partial charge in [-0.3, -0.25) is 9.59 Å². The third-order valence-corrected chi connectivity index (χ3v) is 6.45. The van der Waals surface area contributed by atoms with Crippen LogP contribution >= 0.6 is 11.6 Å². The summed E-state index contributed by atoms with van der Waals surface area (Å²) in [6.07, 6.45) is 6.17. The third-order valence-electron chi connectivity index (χ3n) is 6.15. The molecule has 1 aliphatic carbocycles. The lowest BCUT2D eigenvalue weighted by molar-refractivity contribution is -0.135. The Bertz CT molecular complexity index is 1140. The Kier molecular flexibility index (Phi) is 5.46. The monoisotopic (exact) mass is 438 g/mol. The van der Waals surface area contributed by atoms with Crippen LogP contribution in [0.2, 0.25) is 5.02 Å². The molecule has 3 aromatic rings. The van der Waals surface area contributed by atoms with Gasteiger partial charge in [-0.1, -0.05) is 17.7 Å². The van der Waals surface area contributed by atoms with Crippen molar-refractivity contribution in [2.24, 2.45) is 11.8 Å². The third kappa shape index (κ3) is 4.20. The van der Waals surface area contributed by atoms with Crippen molar-refractivity contribution in [3.05, 3.63) is 41.8 Å². The van der Waals surface area contributed by atoms with Crippen LogP contribution in [0.3, 0.4) is 0 Å². The number of carbonyl (C=O) groups excluding carboxylic acids is 2. The maximum atomic E-state index is 12.3.